The Morgan fingerprint density at radius 1 is 1.24 bits per heavy atom. The second-order valence-corrected chi connectivity index (χ2v) is 3.81. The summed E-state index contributed by atoms with van der Waals surface area (Å²) in [4.78, 5) is 0. The molecule has 4 N–H and O–H groups in total. The molecule has 0 bridgehead atoms. The topological polar surface area (TPSA) is 58.3 Å². The van der Waals surface area contributed by atoms with E-state index >= 15 is 0 Å². The lowest BCUT2D eigenvalue weighted by Gasteiger charge is -2.18. The molecule has 1 aromatic carbocycles. The molecule has 0 saturated carbocycles. The molecule has 0 heterocycles. The zero-order valence-electron chi connectivity index (χ0n) is 9.63. The van der Waals surface area contributed by atoms with Gasteiger partial charge in [0.1, 0.15) is 11.6 Å². The average Bonchev–Trinajstić information content (AvgIpc) is 2.31. The Hall–Kier alpha value is -1.04. The van der Waals surface area contributed by atoms with Crippen LogP contribution in [0.15, 0.2) is 18.2 Å². The van der Waals surface area contributed by atoms with E-state index in [1.807, 2.05) is 0 Å². The number of rotatable bonds is 7. The Morgan fingerprint density at radius 2 is 1.88 bits per heavy atom. The smallest absolute Gasteiger partial charge is 0.130 e. The number of halogens is 2. The van der Waals surface area contributed by atoms with Gasteiger partial charge in [-0.05, 0) is 31.5 Å². The van der Waals surface area contributed by atoms with Crippen molar-refractivity contribution in [3.8, 4) is 0 Å². The molecule has 1 atom stereocenters. The second-order valence-electron chi connectivity index (χ2n) is 3.81. The number of hydrogen-bond donors (Lipinski definition) is 3. The van der Waals surface area contributed by atoms with Gasteiger partial charge in [-0.15, -0.1) is 0 Å². The molecule has 3 nitrogen and oxygen atoms in total. The van der Waals surface area contributed by atoms with Crippen LogP contribution in [0.1, 0.15) is 24.4 Å². The first-order chi connectivity index (χ1) is 8.20. The van der Waals surface area contributed by atoms with Crippen LogP contribution < -0.4 is 11.1 Å². The molecule has 0 amide bonds. The van der Waals surface area contributed by atoms with Gasteiger partial charge in [-0.1, -0.05) is 6.07 Å². The van der Waals surface area contributed by atoms with Gasteiger partial charge in [-0.25, -0.2) is 8.78 Å². The maximum absolute atomic E-state index is 13.5. The van der Waals surface area contributed by atoms with Crippen LogP contribution in [-0.4, -0.2) is 24.8 Å². The summed E-state index contributed by atoms with van der Waals surface area (Å²) in [6, 6.07) is 3.23. The van der Waals surface area contributed by atoms with Crippen LogP contribution in [0, 0.1) is 11.6 Å². The standard InChI is InChI=1S/C12H18F2N2O/c13-9-4-3-5-10(14)12(9)11(8-15)16-6-1-2-7-17/h3-5,11,16-17H,1-2,6-8,15H2. The average molecular weight is 244 g/mol. The lowest BCUT2D eigenvalue weighted by atomic mass is 10.1. The quantitative estimate of drug-likeness (QED) is 0.634. The number of benzene rings is 1. The zero-order valence-corrected chi connectivity index (χ0v) is 9.63. The largest absolute Gasteiger partial charge is 0.396 e. The number of hydrogen-bond acceptors (Lipinski definition) is 3. The summed E-state index contributed by atoms with van der Waals surface area (Å²) in [5.74, 6) is -1.18. The minimum absolute atomic E-state index is 0.0148. The number of aliphatic hydroxyl groups is 1. The summed E-state index contributed by atoms with van der Waals surface area (Å²) in [6.45, 7) is 0.802. The summed E-state index contributed by atoms with van der Waals surface area (Å²) in [6.07, 6.45) is 1.40. The van der Waals surface area contributed by atoms with E-state index in [0.717, 1.165) is 6.42 Å². The van der Waals surface area contributed by atoms with Crippen LogP contribution in [0.2, 0.25) is 0 Å². The summed E-state index contributed by atoms with van der Waals surface area (Å²) in [5.41, 5.74) is 5.50. The van der Waals surface area contributed by atoms with Crippen molar-refractivity contribution in [3.63, 3.8) is 0 Å². The lowest BCUT2D eigenvalue weighted by Crippen LogP contribution is -2.30. The molecule has 0 aliphatic carbocycles. The van der Waals surface area contributed by atoms with E-state index in [0.29, 0.717) is 13.0 Å². The van der Waals surface area contributed by atoms with Crippen LogP contribution in [0.3, 0.4) is 0 Å². The second kappa shape index (κ2) is 7.32. The highest BCUT2D eigenvalue weighted by Crippen LogP contribution is 2.19. The molecule has 0 saturated heterocycles. The van der Waals surface area contributed by atoms with Crippen LogP contribution >= 0.6 is 0 Å². The van der Waals surface area contributed by atoms with Gasteiger partial charge in [0.25, 0.3) is 0 Å². The number of unbranched alkanes of at least 4 members (excludes halogenated alkanes) is 1. The third-order valence-electron chi connectivity index (χ3n) is 2.56. The van der Waals surface area contributed by atoms with Gasteiger partial charge in [-0.3, -0.25) is 0 Å². The van der Waals surface area contributed by atoms with Crippen molar-refractivity contribution in [2.24, 2.45) is 5.73 Å². The van der Waals surface area contributed by atoms with E-state index in [-0.39, 0.29) is 18.7 Å². The maximum atomic E-state index is 13.5. The highest BCUT2D eigenvalue weighted by Gasteiger charge is 2.17. The predicted molar refractivity (Wildman–Crippen MR) is 62.5 cm³/mol. The van der Waals surface area contributed by atoms with Crippen molar-refractivity contribution in [2.45, 2.75) is 18.9 Å². The fourth-order valence-corrected chi connectivity index (χ4v) is 1.66. The monoisotopic (exact) mass is 244 g/mol. The lowest BCUT2D eigenvalue weighted by molar-refractivity contribution is 0.282. The minimum Gasteiger partial charge on any atom is -0.396 e. The molecular weight excluding hydrogens is 226 g/mol. The van der Waals surface area contributed by atoms with Crippen LogP contribution in [-0.2, 0) is 0 Å². The van der Waals surface area contributed by atoms with E-state index < -0.39 is 17.7 Å². The van der Waals surface area contributed by atoms with E-state index in [9.17, 15) is 8.78 Å². The van der Waals surface area contributed by atoms with Gasteiger partial charge in [0, 0.05) is 18.7 Å². The van der Waals surface area contributed by atoms with Crippen LogP contribution in [0.25, 0.3) is 0 Å². The predicted octanol–water partition coefficient (Wildman–Crippen LogP) is 1.33. The first kappa shape index (κ1) is 14.0. The Labute approximate surface area is 99.6 Å². The van der Waals surface area contributed by atoms with Gasteiger partial charge in [0.05, 0.1) is 6.04 Å². The Kier molecular flexibility index (Phi) is 6.04. The molecule has 17 heavy (non-hydrogen) atoms. The van der Waals surface area contributed by atoms with Crippen molar-refractivity contribution in [2.75, 3.05) is 19.7 Å². The fourth-order valence-electron chi connectivity index (χ4n) is 1.66. The molecule has 0 aliphatic rings. The molecule has 0 aromatic heterocycles. The van der Waals surface area contributed by atoms with Crippen LogP contribution in [0.4, 0.5) is 8.78 Å². The van der Waals surface area contributed by atoms with Crippen molar-refractivity contribution >= 4 is 0 Å². The summed E-state index contributed by atoms with van der Waals surface area (Å²) in [5, 5.41) is 11.6. The van der Waals surface area contributed by atoms with Gasteiger partial charge >= 0.3 is 0 Å². The maximum Gasteiger partial charge on any atom is 0.130 e. The van der Waals surface area contributed by atoms with Gasteiger partial charge in [0.15, 0.2) is 0 Å². The Balaban J connectivity index is 2.66. The third-order valence-corrected chi connectivity index (χ3v) is 2.56. The Morgan fingerprint density at radius 3 is 2.41 bits per heavy atom. The van der Waals surface area contributed by atoms with E-state index in [2.05, 4.69) is 5.32 Å². The molecule has 0 aliphatic heterocycles. The normalized spacial score (nSPS) is 12.7. The zero-order chi connectivity index (χ0) is 12.7. The minimum atomic E-state index is -0.588. The first-order valence-corrected chi connectivity index (χ1v) is 5.69. The first-order valence-electron chi connectivity index (χ1n) is 5.69. The molecule has 0 radical (unpaired) electrons. The number of nitrogens with two attached hydrogens (primary N) is 1. The highest BCUT2D eigenvalue weighted by molar-refractivity contribution is 5.23. The summed E-state index contributed by atoms with van der Waals surface area (Å²) >= 11 is 0. The molecular formula is C12H18F2N2O. The Bertz CT molecular complexity index is 327. The molecule has 0 spiro atoms. The molecule has 96 valence electrons. The fraction of sp³-hybridized carbons (Fsp3) is 0.500. The van der Waals surface area contributed by atoms with Crippen molar-refractivity contribution in [1.82, 2.24) is 5.32 Å². The molecule has 0 fully saturated rings. The molecule has 5 heteroatoms. The molecule has 1 aromatic rings. The number of nitrogens with one attached hydrogen (secondary N) is 1. The van der Waals surface area contributed by atoms with Crippen molar-refractivity contribution < 1.29 is 13.9 Å². The third kappa shape index (κ3) is 4.03. The number of aliphatic hydroxyl groups excluding tert-OH is 1. The van der Waals surface area contributed by atoms with Crippen molar-refractivity contribution in [3.05, 3.63) is 35.4 Å². The van der Waals surface area contributed by atoms with Crippen molar-refractivity contribution in [1.29, 1.82) is 0 Å². The van der Waals surface area contributed by atoms with E-state index in [4.69, 9.17) is 10.8 Å². The summed E-state index contributed by atoms with van der Waals surface area (Å²) < 4.78 is 27.0. The van der Waals surface area contributed by atoms with E-state index in [1.165, 1.54) is 18.2 Å². The van der Waals surface area contributed by atoms with Crippen LogP contribution in [0.5, 0.6) is 0 Å². The van der Waals surface area contributed by atoms with Gasteiger partial charge in [0.2, 0.25) is 0 Å². The summed E-state index contributed by atoms with van der Waals surface area (Å²) in [7, 11) is 0. The van der Waals surface area contributed by atoms with E-state index in [1.54, 1.807) is 0 Å². The van der Waals surface area contributed by atoms with Gasteiger partial charge in [-0.2, -0.15) is 0 Å². The highest BCUT2D eigenvalue weighted by atomic mass is 19.1. The molecule has 1 rings (SSSR count). The SMILES string of the molecule is NCC(NCCCCO)c1c(F)cccc1F. The molecule has 1 unspecified atom stereocenters. The van der Waals surface area contributed by atoms with Gasteiger partial charge < -0.3 is 16.2 Å².